The maximum atomic E-state index is 5.74. The first-order chi connectivity index (χ1) is 7.67. The molecule has 0 aliphatic heterocycles. The van der Waals surface area contributed by atoms with Gasteiger partial charge >= 0.3 is 0 Å². The normalized spacial score (nSPS) is 9.94. The number of hydrogen-bond donors (Lipinski definition) is 1. The van der Waals surface area contributed by atoms with E-state index in [0.29, 0.717) is 5.15 Å². The fourth-order valence-electron chi connectivity index (χ4n) is 1.40. The van der Waals surface area contributed by atoms with E-state index in [1.807, 2.05) is 13.1 Å². The van der Waals surface area contributed by atoms with Crippen LogP contribution in [0.25, 0.3) is 0 Å². The van der Waals surface area contributed by atoms with Crippen LogP contribution in [0.5, 0.6) is 0 Å². The van der Waals surface area contributed by atoms with Gasteiger partial charge in [0.25, 0.3) is 0 Å². The lowest BCUT2D eigenvalue weighted by Crippen LogP contribution is -2.37. The first-order valence-electron chi connectivity index (χ1n) is 5.24. The summed E-state index contributed by atoms with van der Waals surface area (Å²) in [6.45, 7) is 3.82. The van der Waals surface area contributed by atoms with E-state index in [0.717, 1.165) is 30.2 Å². The number of halogens is 1. The summed E-state index contributed by atoms with van der Waals surface area (Å²) in [4.78, 5) is 6.16. The molecule has 1 aromatic heterocycles. The standard InChI is InChI=1S/C11H16ClN3S/c1-3-6-15(11(16)13-2)8-9-4-5-10(12)14-7-9/h4-5,7H,3,6,8H2,1-2H3,(H,13,16). The highest BCUT2D eigenvalue weighted by atomic mass is 35.5. The molecular weight excluding hydrogens is 242 g/mol. The maximum Gasteiger partial charge on any atom is 0.168 e. The van der Waals surface area contributed by atoms with Gasteiger partial charge < -0.3 is 10.2 Å². The lowest BCUT2D eigenvalue weighted by molar-refractivity contribution is 0.407. The van der Waals surface area contributed by atoms with Crippen molar-refractivity contribution in [2.24, 2.45) is 0 Å². The van der Waals surface area contributed by atoms with E-state index in [9.17, 15) is 0 Å². The topological polar surface area (TPSA) is 28.2 Å². The van der Waals surface area contributed by atoms with Gasteiger partial charge in [-0.2, -0.15) is 0 Å². The molecule has 0 bridgehead atoms. The third kappa shape index (κ3) is 3.94. The highest BCUT2D eigenvalue weighted by Crippen LogP contribution is 2.08. The number of rotatable bonds is 4. The molecule has 0 saturated heterocycles. The average molecular weight is 258 g/mol. The number of hydrogen-bond acceptors (Lipinski definition) is 2. The second kappa shape index (κ2) is 6.66. The fraction of sp³-hybridized carbons (Fsp3) is 0.455. The summed E-state index contributed by atoms with van der Waals surface area (Å²) in [7, 11) is 1.84. The summed E-state index contributed by atoms with van der Waals surface area (Å²) in [6.07, 6.45) is 2.84. The van der Waals surface area contributed by atoms with E-state index in [-0.39, 0.29) is 0 Å². The summed E-state index contributed by atoms with van der Waals surface area (Å²) in [5, 5.41) is 4.27. The molecule has 88 valence electrons. The molecule has 0 fully saturated rings. The van der Waals surface area contributed by atoms with Crippen LogP contribution in [0.2, 0.25) is 5.15 Å². The smallest absolute Gasteiger partial charge is 0.168 e. The highest BCUT2D eigenvalue weighted by Gasteiger charge is 2.07. The fourth-order valence-corrected chi connectivity index (χ4v) is 1.67. The number of nitrogens with one attached hydrogen (secondary N) is 1. The van der Waals surface area contributed by atoms with E-state index in [1.165, 1.54) is 0 Å². The van der Waals surface area contributed by atoms with Crippen molar-refractivity contribution >= 4 is 28.9 Å². The Hall–Kier alpha value is -0.870. The van der Waals surface area contributed by atoms with Crippen LogP contribution in [0, 0.1) is 0 Å². The van der Waals surface area contributed by atoms with E-state index >= 15 is 0 Å². The van der Waals surface area contributed by atoms with Crippen LogP contribution in [-0.2, 0) is 6.54 Å². The molecule has 16 heavy (non-hydrogen) atoms. The molecule has 0 radical (unpaired) electrons. The molecule has 1 aromatic rings. The lowest BCUT2D eigenvalue weighted by Gasteiger charge is -2.24. The van der Waals surface area contributed by atoms with Gasteiger partial charge in [-0.1, -0.05) is 24.6 Å². The molecule has 0 aliphatic carbocycles. The molecule has 0 amide bonds. The average Bonchev–Trinajstić information content (AvgIpc) is 2.30. The van der Waals surface area contributed by atoms with Gasteiger partial charge in [0.15, 0.2) is 5.11 Å². The van der Waals surface area contributed by atoms with E-state index in [2.05, 4.69) is 22.1 Å². The molecule has 0 aromatic carbocycles. The minimum absolute atomic E-state index is 0.516. The SMILES string of the molecule is CCCN(Cc1ccc(Cl)nc1)C(=S)NC. The Bertz CT molecular complexity index is 340. The van der Waals surface area contributed by atoms with Gasteiger partial charge in [0, 0.05) is 26.3 Å². The molecule has 3 nitrogen and oxygen atoms in total. The van der Waals surface area contributed by atoms with E-state index in [4.69, 9.17) is 23.8 Å². The quantitative estimate of drug-likeness (QED) is 0.663. The van der Waals surface area contributed by atoms with Gasteiger partial charge in [0.05, 0.1) is 0 Å². The zero-order valence-corrected chi connectivity index (χ0v) is 11.1. The van der Waals surface area contributed by atoms with Crippen molar-refractivity contribution in [3.8, 4) is 0 Å². The van der Waals surface area contributed by atoms with Crippen molar-refractivity contribution in [1.82, 2.24) is 15.2 Å². The Balaban J connectivity index is 2.67. The van der Waals surface area contributed by atoms with Crippen LogP contribution in [0.3, 0.4) is 0 Å². The van der Waals surface area contributed by atoms with Gasteiger partial charge in [0.2, 0.25) is 0 Å². The van der Waals surface area contributed by atoms with Crippen LogP contribution in [0.1, 0.15) is 18.9 Å². The molecule has 0 atom stereocenters. The highest BCUT2D eigenvalue weighted by molar-refractivity contribution is 7.80. The first-order valence-corrected chi connectivity index (χ1v) is 6.03. The third-order valence-corrected chi connectivity index (χ3v) is 2.84. The molecule has 1 heterocycles. The summed E-state index contributed by atoms with van der Waals surface area (Å²) in [6, 6.07) is 3.76. The Morgan fingerprint density at radius 3 is 2.81 bits per heavy atom. The first kappa shape index (κ1) is 13.2. The van der Waals surface area contributed by atoms with Crippen molar-refractivity contribution < 1.29 is 0 Å². The van der Waals surface area contributed by atoms with Crippen LogP contribution in [-0.4, -0.2) is 28.6 Å². The molecule has 1 rings (SSSR count). The lowest BCUT2D eigenvalue weighted by atomic mass is 10.2. The maximum absolute atomic E-state index is 5.74. The second-order valence-corrected chi connectivity index (χ2v) is 4.24. The van der Waals surface area contributed by atoms with Gasteiger partial charge in [0.1, 0.15) is 5.15 Å². The Morgan fingerprint density at radius 1 is 1.56 bits per heavy atom. The van der Waals surface area contributed by atoms with Gasteiger partial charge in [-0.05, 0) is 30.3 Å². The third-order valence-electron chi connectivity index (χ3n) is 2.16. The Kier molecular flexibility index (Phi) is 5.49. The Morgan fingerprint density at radius 2 is 2.31 bits per heavy atom. The summed E-state index contributed by atoms with van der Waals surface area (Å²) >= 11 is 11.0. The minimum Gasteiger partial charge on any atom is -0.366 e. The monoisotopic (exact) mass is 257 g/mol. The molecular formula is C11H16ClN3S. The molecule has 5 heteroatoms. The zero-order valence-electron chi connectivity index (χ0n) is 9.53. The van der Waals surface area contributed by atoms with E-state index < -0.39 is 0 Å². The summed E-state index contributed by atoms with van der Waals surface area (Å²) < 4.78 is 0. The zero-order chi connectivity index (χ0) is 12.0. The number of aromatic nitrogens is 1. The predicted octanol–water partition coefficient (Wildman–Crippen LogP) is 2.45. The van der Waals surface area contributed by atoms with E-state index in [1.54, 1.807) is 12.3 Å². The van der Waals surface area contributed by atoms with Crippen molar-refractivity contribution in [1.29, 1.82) is 0 Å². The summed E-state index contributed by atoms with van der Waals surface area (Å²) in [5.41, 5.74) is 1.11. The van der Waals surface area contributed by atoms with Crippen molar-refractivity contribution in [2.45, 2.75) is 19.9 Å². The largest absolute Gasteiger partial charge is 0.366 e. The molecule has 1 N–H and O–H groups in total. The molecule has 0 saturated carbocycles. The molecule has 0 spiro atoms. The number of thiocarbonyl (C=S) groups is 1. The second-order valence-electron chi connectivity index (χ2n) is 3.47. The van der Waals surface area contributed by atoms with Crippen molar-refractivity contribution in [2.75, 3.05) is 13.6 Å². The van der Waals surface area contributed by atoms with Gasteiger partial charge in [-0.15, -0.1) is 0 Å². The van der Waals surface area contributed by atoms with Crippen molar-refractivity contribution in [3.05, 3.63) is 29.0 Å². The number of pyridine rings is 1. The predicted molar refractivity (Wildman–Crippen MR) is 71.6 cm³/mol. The summed E-state index contributed by atoms with van der Waals surface area (Å²) in [5.74, 6) is 0. The van der Waals surface area contributed by atoms with Gasteiger partial charge in [-0.3, -0.25) is 0 Å². The Labute approximate surface area is 107 Å². The van der Waals surface area contributed by atoms with Crippen LogP contribution in [0.15, 0.2) is 18.3 Å². The van der Waals surface area contributed by atoms with Crippen LogP contribution >= 0.6 is 23.8 Å². The number of nitrogens with zero attached hydrogens (tertiary/aromatic N) is 2. The van der Waals surface area contributed by atoms with Crippen molar-refractivity contribution in [3.63, 3.8) is 0 Å². The van der Waals surface area contributed by atoms with Crippen LogP contribution in [0.4, 0.5) is 0 Å². The van der Waals surface area contributed by atoms with Gasteiger partial charge in [-0.25, -0.2) is 4.98 Å². The van der Waals surface area contributed by atoms with Crippen LogP contribution < -0.4 is 5.32 Å². The molecule has 0 unspecified atom stereocenters. The molecule has 0 aliphatic rings. The minimum atomic E-state index is 0.516.